The molecule has 0 fully saturated rings. The van der Waals surface area contributed by atoms with Crippen LogP contribution in [-0.2, 0) is 9.53 Å². The third-order valence-electron chi connectivity index (χ3n) is 4.03. The van der Waals surface area contributed by atoms with Gasteiger partial charge in [0.25, 0.3) is 0 Å². The maximum atomic E-state index is 11.3. The maximum absolute atomic E-state index is 11.3. The van der Waals surface area contributed by atoms with Crippen molar-refractivity contribution >= 4 is 5.97 Å². The highest BCUT2D eigenvalue weighted by Gasteiger charge is 2.33. The monoisotopic (exact) mass is 287 g/mol. The number of rotatable bonds is 14. The van der Waals surface area contributed by atoms with Gasteiger partial charge in [-0.15, -0.1) is 0 Å². The Balaban J connectivity index is 3.53. The summed E-state index contributed by atoms with van der Waals surface area (Å²) in [6.45, 7) is 5.59. The molecule has 0 amide bonds. The average molecular weight is 287 g/mol. The van der Waals surface area contributed by atoms with Crippen LogP contribution in [0.2, 0.25) is 0 Å². The number of hydrogen-bond acceptors (Lipinski definition) is 3. The van der Waals surface area contributed by atoms with Crippen LogP contribution in [0.1, 0.15) is 71.6 Å². The smallest absolute Gasteiger partial charge is 0.323 e. The summed E-state index contributed by atoms with van der Waals surface area (Å²) in [7, 11) is 1.72. The fourth-order valence-corrected chi connectivity index (χ4v) is 2.41. The molecule has 0 aromatic heterocycles. The van der Waals surface area contributed by atoms with Crippen molar-refractivity contribution in [3.05, 3.63) is 0 Å². The normalized spacial score (nSPS) is 14.2. The molecule has 0 aliphatic carbocycles. The molecule has 0 saturated heterocycles. The summed E-state index contributed by atoms with van der Waals surface area (Å²) >= 11 is 0. The minimum Gasteiger partial charge on any atom is -0.480 e. The number of likely N-dealkylation sites (N-methyl/N-ethyl adjacent to an activating group) is 1. The fourth-order valence-electron chi connectivity index (χ4n) is 2.41. The van der Waals surface area contributed by atoms with Gasteiger partial charge < -0.3 is 15.2 Å². The summed E-state index contributed by atoms with van der Waals surface area (Å²) < 4.78 is 5.58. The minimum absolute atomic E-state index is 0.594. The molecule has 0 radical (unpaired) electrons. The van der Waals surface area contributed by atoms with Gasteiger partial charge in [0.05, 0.1) is 0 Å². The molecule has 0 aromatic rings. The highest BCUT2D eigenvalue weighted by Crippen LogP contribution is 2.17. The molecule has 0 spiro atoms. The van der Waals surface area contributed by atoms with E-state index in [0.29, 0.717) is 19.4 Å². The third kappa shape index (κ3) is 7.85. The molecular weight excluding hydrogens is 254 g/mol. The molecule has 4 nitrogen and oxygen atoms in total. The molecule has 0 aromatic carbocycles. The van der Waals surface area contributed by atoms with Crippen molar-refractivity contribution in [3.63, 3.8) is 0 Å². The maximum Gasteiger partial charge on any atom is 0.323 e. The fraction of sp³-hybridized carbons (Fsp3) is 0.938. The summed E-state index contributed by atoms with van der Waals surface area (Å²) in [5, 5.41) is 12.2. The predicted octanol–water partition coefficient (Wildman–Crippen LogP) is 3.60. The molecule has 0 rings (SSSR count). The number of aliphatic carboxylic acids is 1. The molecular formula is C16H33NO3. The van der Waals surface area contributed by atoms with Crippen molar-refractivity contribution in [2.24, 2.45) is 0 Å². The highest BCUT2D eigenvalue weighted by molar-refractivity contribution is 5.78. The Labute approximate surface area is 124 Å². The molecule has 0 heterocycles. The van der Waals surface area contributed by atoms with Gasteiger partial charge in [0.15, 0.2) is 0 Å². The second-order valence-corrected chi connectivity index (χ2v) is 5.47. The zero-order chi connectivity index (χ0) is 15.3. The Morgan fingerprint density at radius 3 is 2.20 bits per heavy atom. The third-order valence-corrected chi connectivity index (χ3v) is 4.03. The lowest BCUT2D eigenvalue weighted by Crippen LogP contribution is -2.49. The van der Waals surface area contributed by atoms with Crippen molar-refractivity contribution in [2.75, 3.05) is 20.3 Å². The average Bonchev–Trinajstić information content (AvgIpc) is 2.45. The zero-order valence-corrected chi connectivity index (χ0v) is 13.5. The van der Waals surface area contributed by atoms with E-state index >= 15 is 0 Å². The van der Waals surface area contributed by atoms with Crippen molar-refractivity contribution in [1.29, 1.82) is 0 Å². The van der Waals surface area contributed by atoms with Crippen molar-refractivity contribution in [1.82, 2.24) is 5.32 Å². The van der Waals surface area contributed by atoms with Crippen molar-refractivity contribution in [3.8, 4) is 0 Å². The molecule has 2 N–H and O–H groups in total. The number of hydrogen-bond donors (Lipinski definition) is 2. The van der Waals surface area contributed by atoms with Gasteiger partial charge in [0, 0.05) is 13.2 Å². The lowest BCUT2D eigenvalue weighted by molar-refractivity contribution is -0.145. The Kier molecular flexibility index (Phi) is 11.8. The minimum atomic E-state index is -0.788. The second-order valence-electron chi connectivity index (χ2n) is 5.47. The molecule has 0 bridgehead atoms. The molecule has 4 heteroatoms. The molecule has 1 unspecified atom stereocenters. The largest absolute Gasteiger partial charge is 0.480 e. The van der Waals surface area contributed by atoms with Gasteiger partial charge in [-0.1, -0.05) is 46.0 Å². The molecule has 20 heavy (non-hydrogen) atoms. The summed E-state index contributed by atoms with van der Waals surface area (Å²) in [5.74, 6) is -0.765. The van der Waals surface area contributed by atoms with E-state index in [-0.39, 0.29) is 0 Å². The summed E-state index contributed by atoms with van der Waals surface area (Å²) in [6.07, 6.45) is 9.60. The van der Waals surface area contributed by atoms with Gasteiger partial charge in [-0.05, 0) is 32.7 Å². The zero-order valence-electron chi connectivity index (χ0n) is 13.5. The molecule has 1 atom stereocenters. The quantitative estimate of drug-likeness (QED) is 0.479. The Hall–Kier alpha value is -0.610. The number of ether oxygens (including phenoxy) is 1. The van der Waals surface area contributed by atoms with Crippen molar-refractivity contribution < 1.29 is 14.6 Å². The van der Waals surface area contributed by atoms with Gasteiger partial charge in [-0.2, -0.15) is 0 Å². The molecule has 0 aliphatic rings. The Bertz CT molecular complexity index is 240. The molecule has 120 valence electrons. The summed E-state index contributed by atoms with van der Waals surface area (Å²) in [5.41, 5.74) is -0.788. The number of carboxylic acids is 1. The number of carbonyl (C=O) groups is 1. The van der Waals surface area contributed by atoms with Crippen LogP contribution in [0.4, 0.5) is 0 Å². The van der Waals surface area contributed by atoms with Crippen LogP contribution < -0.4 is 5.32 Å². The molecule has 0 aliphatic heterocycles. The Morgan fingerprint density at radius 1 is 1.05 bits per heavy atom. The SMILES string of the molecule is CCCCCCCCOCCCC(CC)(NC)C(=O)O. The summed E-state index contributed by atoms with van der Waals surface area (Å²) in [4.78, 5) is 11.3. The first-order chi connectivity index (χ1) is 9.63. The van der Waals surface area contributed by atoms with E-state index in [1.54, 1.807) is 7.05 Å². The topological polar surface area (TPSA) is 58.6 Å². The first-order valence-corrected chi connectivity index (χ1v) is 8.13. The standard InChI is InChI=1S/C16H33NO3/c1-4-6-7-8-9-10-13-20-14-11-12-16(5-2,17-3)15(18)19/h17H,4-14H2,1-3H3,(H,18,19). The second kappa shape index (κ2) is 12.2. The Morgan fingerprint density at radius 2 is 1.65 bits per heavy atom. The lowest BCUT2D eigenvalue weighted by atomic mass is 9.91. The van der Waals surface area contributed by atoms with Crippen LogP contribution in [0.5, 0.6) is 0 Å². The van der Waals surface area contributed by atoms with E-state index in [2.05, 4.69) is 12.2 Å². The summed E-state index contributed by atoms with van der Waals surface area (Å²) in [6, 6.07) is 0. The van der Waals surface area contributed by atoms with Crippen LogP contribution in [0, 0.1) is 0 Å². The molecule has 0 saturated carbocycles. The van der Waals surface area contributed by atoms with Gasteiger partial charge >= 0.3 is 5.97 Å². The van der Waals surface area contributed by atoms with Crippen LogP contribution in [0.3, 0.4) is 0 Å². The van der Waals surface area contributed by atoms with E-state index in [1.807, 2.05) is 6.92 Å². The van der Waals surface area contributed by atoms with E-state index < -0.39 is 11.5 Å². The number of carboxylic acid groups (broad SMARTS) is 1. The van der Waals surface area contributed by atoms with E-state index in [9.17, 15) is 9.90 Å². The van der Waals surface area contributed by atoms with Crippen LogP contribution in [0.15, 0.2) is 0 Å². The van der Waals surface area contributed by atoms with E-state index in [1.165, 1.54) is 32.1 Å². The highest BCUT2D eigenvalue weighted by atomic mass is 16.5. The lowest BCUT2D eigenvalue weighted by Gasteiger charge is -2.27. The van der Waals surface area contributed by atoms with E-state index in [0.717, 1.165) is 19.4 Å². The van der Waals surface area contributed by atoms with Crippen LogP contribution in [0.25, 0.3) is 0 Å². The first-order valence-electron chi connectivity index (χ1n) is 8.13. The van der Waals surface area contributed by atoms with Crippen LogP contribution in [-0.4, -0.2) is 36.9 Å². The predicted molar refractivity (Wildman–Crippen MR) is 83.1 cm³/mol. The van der Waals surface area contributed by atoms with Gasteiger partial charge in [-0.3, -0.25) is 4.79 Å². The van der Waals surface area contributed by atoms with E-state index in [4.69, 9.17) is 4.74 Å². The van der Waals surface area contributed by atoms with Gasteiger partial charge in [-0.25, -0.2) is 0 Å². The number of nitrogens with one attached hydrogen (secondary N) is 1. The van der Waals surface area contributed by atoms with Gasteiger partial charge in [0.2, 0.25) is 0 Å². The first kappa shape index (κ1) is 19.4. The van der Waals surface area contributed by atoms with Crippen molar-refractivity contribution in [2.45, 2.75) is 77.2 Å². The number of unbranched alkanes of at least 4 members (excludes halogenated alkanes) is 5. The van der Waals surface area contributed by atoms with Gasteiger partial charge in [0.1, 0.15) is 5.54 Å². The van der Waals surface area contributed by atoms with Crippen LogP contribution >= 0.6 is 0 Å².